The first kappa shape index (κ1) is 11.5. The fourth-order valence-electron chi connectivity index (χ4n) is 2.52. The Morgan fingerprint density at radius 2 is 1.71 bits per heavy atom. The molecule has 1 amide bonds. The van der Waals surface area contributed by atoms with E-state index in [0.29, 0.717) is 17.8 Å². The van der Waals surface area contributed by atoms with Crippen LogP contribution in [0.25, 0.3) is 0 Å². The first-order valence-electron chi connectivity index (χ1n) is 5.68. The molecule has 2 N–H and O–H groups in total. The lowest BCUT2D eigenvalue weighted by Crippen LogP contribution is -2.27. The van der Waals surface area contributed by atoms with Crippen LogP contribution in [0.15, 0.2) is 0 Å². The molecule has 0 aromatic rings. The zero-order valence-corrected chi connectivity index (χ0v) is 9.68. The second kappa shape index (κ2) is 4.33. The maximum atomic E-state index is 10.8. The highest BCUT2D eigenvalue weighted by molar-refractivity contribution is 5.73. The van der Waals surface area contributed by atoms with Crippen LogP contribution in [0.1, 0.15) is 52.9 Å². The lowest BCUT2D eigenvalue weighted by Gasteiger charge is -2.36. The minimum atomic E-state index is -0.135. The highest BCUT2D eigenvalue weighted by Crippen LogP contribution is 2.40. The van der Waals surface area contributed by atoms with Crippen molar-refractivity contribution < 1.29 is 4.79 Å². The molecular formula is C12H23NO. The highest BCUT2D eigenvalue weighted by atomic mass is 16.1. The van der Waals surface area contributed by atoms with Gasteiger partial charge in [0.25, 0.3) is 0 Å². The molecule has 0 spiro atoms. The molecule has 1 aliphatic carbocycles. The van der Waals surface area contributed by atoms with Gasteiger partial charge in [0, 0.05) is 6.42 Å². The van der Waals surface area contributed by atoms with E-state index in [1.54, 1.807) is 0 Å². The predicted molar refractivity (Wildman–Crippen MR) is 58.7 cm³/mol. The zero-order chi connectivity index (χ0) is 10.8. The number of carbonyl (C=O) groups is 1. The van der Waals surface area contributed by atoms with Crippen molar-refractivity contribution in [1.29, 1.82) is 0 Å². The quantitative estimate of drug-likeness (QED) is 0.726. The third kappa shape index (κ3) is 3.32. The van der Waals surface area contributed by atoms with Crippen molar-refractivity contribution in [3.05, 3.63) is 0 Å². The molecule has 1 fully saturated rings. The van der Waals surface area contributed by atoms with E-state index in [1.807, 2.05) is 0 Å². The van der Waals surface area contributed by atoms with Gasteiger partial charge in [0.05, 0.1) is 0 Å². The maximum absolute atomic E-state index is 10.8. The summed E-state index contributed by atoms with van der Waals surface area (Å²) in [5.41, 5.74) is 5.63. The van der Waals surface area contributed by atoms with Gasteiger partial charge in [-0.1, -0.05) is 20.8 Å². The SMILES string of the molecule is CC(C)(C)C1CCC(CC(N)=O)CC1. The Labute approximate surface area is 87.2 Å². The van der Waals surface area contributed by atoms with Gasteiger partial charge in [-0.15, -0.1) is 0 Å². The number of hydrogen-bond acceptors (Lipinski definition) is 1. The van der Waals surface area contributed by atoms with Gasteiger partial charge < -0.3 is 5.73 Å². The van der Waals surface area contributed by atoms with Crippen LogP contribution in [0, 0.1) is 17.3 Å². The Morgan fingerprint density at radius 3 is 2.07 bits per heavy atom. The fourth-order valence-corrected chi connectivity index (χ4v) is 2.52. The maximum Gasteiger partial charge on any atom is 0.217 e. The molecule has 0 unspecified atom stereocenters. The Bertz CT molecular complexity index is 197. The van der Waals surface area contributed by atoms with Gasteiger partial charge >= 0.3 is 0 Å². The molecule has 1 saturated carbocycles. The summed E-state index contributed by atoms with van der Waals surface area (Å²) in [7, 11) is 0. The molecule has 0 aliphatic heterocycles. The number of primary amides is 1. The lowest BCUT2D eigenvalue weighted by atomic mass is 9.69. The van der Waals surface area contributed by atoms with Gasteiger partial charge in [-0.3, -0.25) is 4.79 Å². The van der Waals surface area contributed by atoms with Crippen molar-refractivity contribution >= 4 is 5.91 Å². The molecule has 2 nitrogen and oxygen atoms in total. The van der Waals surface area contributed by atoms with E-state index in [4.69, 9.17) is 5.73 Å². The third-order valence-electron chi connectivity index (χ3n) is 3.56. The summed E-state index contributed by atoms with van der Waals surface area (Å²) >= 11 is 0. The van der Waals surface area contributed by atoms with E-state index in [0.717, 1.165) is 5.92 Å². The van der Waals surface area contributed by atoms with E-state index < -0.39 is 0 Å². The van der Waals surface area contributed by atoms with Gasteiger partial charge in [-0.25, -0.2) is 0 Å². The summed E-state index contributed by atoms with van der Waals surface area (Å²) in [6.45, 7) is 6.93. The molecule has 14 heavy (non-hydrogen) atoms. The van der Waals surface area contributed by atoms with E-state index >= 15 is 0 Å². The van der Waals surface area contributed by atoms with Crippen LogP contribution in [-0.4, -0.2) is 5.91 Å². The minimum absolute atomic E-state index is 0.135. The highest BCUT2D eigenvalue weighted by Gasteiger charge is 2.29. The molecule has 0 aromatic carbocycles. The van der Waals surface area contributed by atoms with Gasteiger partial charge in [0.2, 0.25) is 5.91 Å². The molecule has 0 heterocycles. The van der Waals surface area contributed by atoms with Crippen LogP contribution in [0.5, 0.6) is 0 Å². The van der Waals surface area contributed by atoms with Crippen LogP contribution in [0.3, 0.4) is 0 Å². The Balaban J connectivity index is 2.35. The van der Waals surface area contributed by atoms with Crippen molar-refractivity contribution in [2.45, 2.75) is 52.9 Å². The molecule has 0 atom stereocenters. The molecule has 2 heteroatoms. The molecular weight excluding hydrogens is 174 g/mol. The second-order valence-electron chi connectivity index (χ2n) is 5.75. The molecule has 1 aliphatic rings. The van der Waals surface area contributed by atoms with E-state index in [-0.39, 0.29) is 5.91 Å². The Hall–Kier alpha value is -0.530. The molecule has 0 bridgehead atoms. The summed E-state index contributed by atoms with van der Waals surface area (Å²) < 4.78 is 0. The monoisotopic (exact) mass is 197 g/mol. The number of amides is 1. The van der Waals surface area contributed by atoms with Gasteiger partial charge in [0.1, 0.15) is 0 Å². The third-order valence-corrected chi connectivity index (χ3v) is 3.56. The standard InChI is InChI=1S/C12H23NO/c1-12(2,3)10-6-4-9(5-7-10)8-11(13)14/h9-10H,4-8H2,1-3H3,(H2,13,14). The number of rotatable bonds is 2. The minimum Gasteiger partial charge on any atom is -0.370 e. The van der Waals surface area contributed by atoms with Crippen LogP contribution in [0.4, 0.5) is 0 Å². The molecule has 0 aromatic heterocycles. The van der Waals surface area contributed by atoms with Crippen molar-refractivity contribution in [2.75, 3.05) is 0 Å². The summed E-state index contributed by atoms with van der Waals surface area (Å²) in [6.07, 6.45) is 5.50. The molecule has 82 valence electrons. The Morgan fingerprint density at radius 1 is 1.21 bits per heavy atom. The second-order valence-corrected chi connectivity index (χ2v) is 5.75. The summed E-state index contributed by atoms with van der Waals surface area (Å²) in [5, 5.41) is 0. The summed E-state index contributed by atoms with van der Waals surface area (Å²) in [5.74, 6) is 1.25. The fraction of sp³-hybridized carbons (Fsp3) is 0.917. The molecule has 0 saturated heterocycles. The number of nitrogens with two attached hydrogens (primary N) is 1. The smallest absolute Gasteiger partial charge is 0.217 e. The normalized spacial score (nSPS) is 28.8. The van der Waals surface area contributed by atoms with E-state index in [2.05, 4.69) is 20.8 Å². The van der Waals surface area contributed by atoms with Crippen LogP contribution in [0.2, 0.25) is 0 Å². The topological polar surface area (TPSA) is 43.1 Å². The molecule has 1 rings (SSSR count). The first-order valence-corrected chi connectivity index (χ1v) is 5.68. The lowest BCUT2D eigenvalue weighted by molar-refractivity contribution is -0.119. The Kier molecular flexibility index (Phi) is 3.57. The summed E-state index contributed by atoms with van der Waals surface area (Å²) in [4.78, 5) is 10.8. The van der Waals surface area contributed by atoms with Crippen molar-refractivity contribution in [2.24, 2.45) is 23.0 Å². The van der Waals surface area contributed by atoms with Crippen LogP contribution < -0.4 is 5.73 Å². The van der Waals surface area contributed by atoms with E-state index in [1.165, 1.54) is 25.7 Å². The van der Waals surface area contributed by atoms with E-state index in [9.17, 15) is 4.79 Å². The summed E-state index contributed by atoms with van der Waals surface area (Å²) in [6, 6.07) is 0. The van der Waals surface area contributed by atoms with Crippen molar-refractivity contribution in [3.8, 4) is 0 Å². The average Bonchev–Trinajstić information content (AvgIpc) is 2.02. The van der Waals surface area contributed by atoms with Crippen molar-refractivity contribution in [1.82, 2.24) is 0 Å². The first-order chi connectivity index (χ1) is 6.39. The zero-order valence-electron chi connectivity index (χ0n) is 9.68. The van der Waals surface area contributed by atoms with Crippen LogP contribution in [-0.2, 0) is 4.79 Å². The number of carbonyl (C=O) groups excluding carboxylic acids is 1. The van der Waals surface area contributed by atoms with Gasteiger partial charge in [0.15, 0.2) is 0 Å². The van der Waals surface area contributed by atoms with Crippen LogP contribution >= 0.6 is 0 Å². The van der Waals surface area contributed by atoms with Gasteiger partial charge in [-0.05, 0) is 42.9 Å². The largest absolute Gasteiger partial charge is 0.370 e. The number of hydrogen-bond donors (Lipinski definition) is 1. The van der Waals surface area contributed by atoms with Crippen molar-refractivity contribution in [3.63, 3.8) is 0 Å². The average molecular weight is 197 g/mol. The van der Waals surface area contributed by atoms with Gasteiger partial charge in [-0.2, -0.15) is 0 Å². The predicted octanol–water partition coefficient (Wildman–Crippen LogP) is 2.71. The molecule has 0 radical (unpaired) electrons.